The van der Waals surface area contributed by atoms with Crippen LogP contribution in [0.4, 0.5) is 0 Å². The molecule has 121 valence electrons. The minimum atomic E-state index is -0.421. The standard InChI is InChI=1S/C21H28NSi/c1-18-20(17-23(2)21-13-7-4-8-14-21)12-9-15-22(18)16-19-10-5-3-6-11-19/h3-8,10-11,13-14,18,20H,9,12,15-17H2,1-2H3/t18-,20-/m0/s1. The molecule has 1 aliphatic heterocycles. The zero-order valence-electron chi connectivity index (χ0n) is 14.4. The van der Waals surface area contributed by atoms with E-state index in [1.165, 1.54) is 31.0 Å². The molecule has 1 radical (unpaired) electrons. The molecule has 1 fully saturated rings. The Labute approximate surface area is 143 Å². The second-order valence-corrected chi connectivity index (χ2v) is 9.50. The molecule has 2 heteroatoms. The third kappa shape index (κ3) is 4.33. The molecule has 0 saturated carbocycles. The summed E-state index contributed by atoms with van der Waals surface area (Å²) in [6, 6.07) is 24.2. The van der Waals surface area contributed by atoms with Crippen molar-refractivity contribution in [1.29, 1.82) is 0 Å². The molecule has 1 nitrogen and oxygen atoms in total. The summed E-state index contributed by atoms with van der Waals surface area (Å²) < 4.78 is 0. The minimum absolute atomic E-state index is 0.421. The summed E-state index contributed by atoms with van der Waals surface area (Å²) in [6.45, 7) is 7.30. The lowest BCUT2D eigenvalue weighted by Crippen LogP contribution is -2.45. The number of hydrogen-bond acceptors (Lipinski definition) is 1. The van der Waals surface area contributed by atoms with Gasteiger partial charge in [-0.2, -0.15) is 0 Å². The van der Waals surface area contributed by atoms with E-state index in [1.54, 1.807) is 5.19 Å². The molecule has 0 aliphatic carbocycles. The summed E-state index contributed by atoms with van der Waals surface area (Å²) in [5.74, 6) is 0.853. The molecule has 1 saturated heterocycles. The zero-order chi connectivity index (χ0) is 16.1. The number of piperidine rings is 1. The third-order valence-corrected chi connectivity index (χ3v) is 7.80. The van der Waals surface area contributed by atoms with Gasteiger partial charge >= 0.3 is 0 Å². The molecule has 1 heterocycles. The van der Waals surface area contributed by atoms with Crippen molar-refractivity contribution < 1.29 is 0 Å². The highest BCUT2D eigenvalue weighted by atomic mass is 28.3. The lowest BCUT2D eigenvalue weighted by Gasteiger charge is -2.40. The molecular weight excluding hydrogens is 294 g/mol. The van der Waals surface area contributed by atoms with Crippen LogP contribution in [0.3, 0.4) is 0 Å². The van der Waals surface area contributed by atoms with Crippen molar-refractivity contribution >= 4 is 14.0 Å². The summed E-state index contributed by atoms with van der Waals surface area (Å²) in [6.07, 6.45) is 2.76. The van der Waals surface area contributed by atoms with Gasteiger partial charge in [-0.15, -0.1) is 0 Å². The van der Waals surface area contributed by atoms with Crippen molar-refractivity contribution in [1.82, 2.24) is 4.90 Å². The van der Waals surface area contributed by atoms with Crippen LogP contribution in [-0.2, 0) is 6.54 Å². The maximum atomic E-state index is 2.70. The number of benzene rings is 2. The minimum Gasteiger partial charge on any atom is -0.296 e. The van der Waals surface area contributed by atoms with Crippen LogP contribution in [0.5, 0.6) is 0 Å². The fourth-order valence-electron chi connectivity index (χ4n) is 3.85. The van der Waals surface area contributed by atoms with Crippen molar-refractivity contribution in [3.63, 3.8) is 0 Å². The Balaban J connectivity index is 1.62. The molecule has 0 spiro atoms. The molecule has 2 atom stereocenters. The van der Waals surface area contributed by atoms with Gasteiger partial charge in [0.2, 0.25) is 0 Å². The van der Waals surface area contributed by atoms with Crippen LogP contribution in [0.15, 0.2) is 60.7 Å². The van der Waals surface area contributed by atoms with E-state index < -0.39 is 8.80 Å². The predicted octanol–water partition coefficient (Wildman–Crippen LogP) is 4.32. The highest BCUT2D eigenvalue weighted by Gasteiger charge is 2.29. The summed E-state index contributed by atoms with van der Waals surface area (Å²) in [7, 11) is -0.421. The van der Waals surface area contributed by atoms with Crippen LogP contribution in [0, 0.1) is 5.92 Å². The molecule has 0 amide bonds. The normalized spacial score (nSPS) is 22.4. The van der Waals surface area contributed by atoms with Gasteiger partial charge in [-0.3, -0.25) is 4.90 Å². The van der Waals surface area contributed by atoms with E-state index in [2.05, 4.69) is 79.0 Å². The summed E-state index contributed by atoms with van der Waals surface area (Å²) in [4.78, 5) is 2.70. The lowest BCUT2D eigenvalue weighted by molar-refractivity contribution is 0.106. The summed E-state index contributed by atoms with van der Waals surface area (Å²) in [5.41, 5.74) is 1.45. The van der Waals surface area contributed by atoms with Crippen LogP contribution >= 0.6 is 0 Å². The van der Waals surface area contributed by atoms with Crippen molar-refractivity contribution in [3.8, 4) is 0 Å². The van der Waals surface area contributed by atoms with Crippen molar-refractivity contribution in [2.75, 3.05) is 6.54 Å². The molecule has 0 aromatic heterocycles. The smallest absolute Gasteiger partial charge is 0.0827 e. The van der Waals surface area contributed by atoms with Gasteiger partial charge in [0.05, 0.1) is 8.80 Å². The average Bonchev–Trinajstić information content (AvgIpc) is 2.60. The van der Waals surface area contributed by atoms with E-state index in [9.17, 15) is 0 Å². The molecule has 2 aromatic rings. The van der Waals surface area contributed by atoms with Gasteiger partial charge in [0.25, 0.3) is 0 Å². The summed E-state index contributed by atoms with van der Waals surface area (Å²) >= 11 is 0. The SMILES string of the molecule is C[C@H]1[C@H](C[Si](C)c2ccccc2)CCCN1Cc1ccccc1. The average molecular weight is 323 g/mol. The first-order valence-electron chi connectivity index (χ1n) is 8.90. The molecule has 0 N–H and O–H groups in total. The molecule has 23 heavy (non-hydrogen) atoms. The molecule has 2 aromatic carbocycles. The zero-order valence-corrected chi connectivity index (χ0v) is 15.4. The van der Waals surface area contributed by atoms with Crippen LogP contribution in [0.2, 0.25) is 12.6 Å². The predicted molar refractivity (Wildman–Crippen MR) is 102 cm³/mol. The van der Waals surface area contributed by atoms with Crippen LogP contribution in [0.25, 0.3) is 0 Å². The fraction of sp³-hybridized carbons (Fsp3) is 0.429. The second kappa shape index (κ2) is 7.94. The van der Waals surface area contributed by atoms with Gasteiger partial charge in [-0.05, 0) is 37.8 Å². The topological polar surface area (TPSA) is 3.24 Å². The van der Waals surface area contributed by atoms with Crippen LogP contribution < -0.4 is 5.19 Å². The Bertz CT molecular complexity index is 583. The lowest BCUT2D eigenvalue weighted by atomic mass is 9.91. The highest BCUT2D eigenvalue weighted by molar-refractivity contribution is 6.72. The number of rotatable bonds is 5. The maximum Gasteiger partial charge on any atom is 0.0827 e. The molecule has 3 rings (SSSR count). The van der Waals surface area contributed by atoms with Gasteiger partial charge in [0.15, 0.2) is 0 Å². The largest absolute Gasteiger partial charge is 0.296 e. The first kappa shape index (κ1) is 16.5. The summed E-state index contributed by atoms with van der Waals surface area (Å²) in [5, 5.41) is 1.59. The van der Waals surface area contributed by atoms with E-state index in [0.29, 0.717) is 6.04 Å². The Morgan fingerprint density at radius 2 is 1.65 bits per heavy atom. The van der Waals surface area contributed by atoms with Gasteiger partial charge in [0, 0.05) is 12.6 Å². The van der Waals surface area contributed by atoms with Gasteiger partial charge in [0.1, 0.15) is 0 Å². The van der Waals surface area contributed by atoms with Gasteiger partial charge < -0.3 is 0 Å². The number of nitrogens with zero attached hydrogens (tertiary/aromatic N) is 1. The van der Waals surface area contributed by atoms with Crippen LogP contribution in [0.1, 0.15) is 25.3 Å². The van der Waals surface area contributed by atoms with Crippen molar-refractivity contribution in [3.05, 3.63) is 66.2 Å². The van der Waals surface area contributed by atoms with E-state index in [4.69, 9.17) is 0 Å². The van der Waals surface area contributed by atoms with E-state index in [0.717, 1.165) is 12.5 Å². The Kier molecular flexibility index (Phi) is 5.68. The van der Waals surface area contributed by atoms with Gasteiger partial charge in [-0.1, -0.05) is 78.4 Å². The van der Waals surface area contributed by atoms with Crippen molar-refractivity contribution in [2.45, 2.75) is 44.9 Å². The maximum absolute atomic E-state index is 2.70. The first-order chi connectivity index (χ1) is 11.2. The second-order valence-electron chi connectivity index (χ2n) is 6.95. The van der Waals surface area contributed by atoms with Crippen molar-refractivity contribution in [2.24, 2.45) is 5.92 Å². The fourth-order valence-corrected chi connectivity index (χ4v) is 6.18. The monoisotopic (exact) mass is 322 g/mol. The van der Waals surface area contributed by atoms with E-state index >= 15 is 0 Å². The first-order valence-corrected chi connectivity index (χ1v) is 11.1. The number of hydrogen-bond donors (Lipinski definition) is 0. The van der Waals surface area contributed by atoms with Crippen LogP contribution in [-0.4, -0.2) is 26.3 Å². The number of likely N-dealkylation sites (tertiary alicyclic amines) is 1. The molecule has 0 bridgehead atoms. The highest BCUT2D eigenvalue weighted by Crippen LogP contribution is 2.29. The molecule has 1 aliphatic rings. The molecular formula is C21H28NSi. The Morgan fingerprint density at radius 1 is 1.00 bits per heavy atom. The molecule has 0 unspecified atom stereocenters. The third-order valence-electron chi connectivity index (χ3n) is 5.34. The quantitative estimate of drug-likeness (QED) is 0.741. The van der Waals surface area contributed by atoms with Gasteiger partial charge in [-0.25, -0.2) is 0 Å². The Morgan fingerprint density at radius 3 is 2.35 bits per heavy atom. The van der Waals surface area contributed by atoms with E-state index in [-0.39, 0.29) is 0 Å². The van der Waals surface area contributed by atoms with E-state index in [1.807, 2.05) is 0 Å². The Hall–Kier alpha value is -1.38.